The summed E-state index contributed by atoms with van der Waals surface area (Å²) in [5.41, 5.74) is 2.64. The minimum absolute atomic E-state index is 0.697. The van der Waals surface area contributed by atoms with Gasteiger partial charge in [-0.2, -0.15) is 0 Å². The molecule has 3 heterocycles. The first-order valence-corrected chi connectivity index (χ1v) is 7.98. The topological polar surface area (TPSA) is 63.8 Å². The average molecular weight is 294 g/mol. The number of nitrogen functional groups attached to an aromatic ring is 1. The van der Waals surface area contributed by atoms with Crippen molar-refractivity contribution in [3.63, 3.8) is 0 Å². The largest absolute Gasteiger partial charge is 0.308 e. The lowest BCUT2D eigenvalue weighted by molar-refractivity contribution is 1.07. The molecule has 0 spiro atoms. The van der Waals surface area contributed by atoms with E-state index in [4.69, 9.17) is 5.84 Å². The Hall–Kier alpha value is -1.15. The van der Waals surface area contributed by atoms with Crippen molar-refractivity contribution in [1.29, 1.82) is 0 Å². The van der Waals surface area contributed by atoms with Gasteiger partial charge in [-0.25, -0.2) is 15.8 Å². The Morgan fingerprint density at radius 3 is 2.94 bits per heavy atom. The van der Waals surface area contributed by atoms with Crippen LogP contribution in [0.4, 0.5) is 5.82 Å². The first kappa shape index (κ1) is 11.9. The third-order valence-corrected chi connectivity index (χ3v) is 5.28. The van der Waals surface area contributed by atoms with Crippen LogP contribution < -0.4 is 11.3 Å². The molecule has 0 radical (unpaired) electrons. The third kappa shape index (κ3) is 2.35. The van der Waals surface area contributed by atoms with Crippen LogP contribution in [0.5, 0.6) is 0 Å². The van der Waals surface area contributed by atoms with Crippen LogP contribution in [0.15, 0.2) is 33.2 Å². The van der Waals surface area contributed by atoms with Crippen molar-refractivity contribution in [1.82, 2.24) is 9.97 Å². The first-order valence-electron chi connectivity index (χ1n) is 5.24. The Morgan fingerprint density at radius 2 is 2.17 bits per heavy atom. The van der Waals surface area contributed by atoms with E-state index < -0.39 is 0 Å². The van der Waals surface area contributed by atoms with Crippen molar-refractivity contribution in [3.05, 3.63) is 34.8 Å². The summed E-state index contributed by atoms with van der Waals surface area (Å²) in [6.07, 6.45) is 0. The molecule has 7 heteroatoms. The number of nitrogens with one attached hydrogen (secondary N) is 1. The molecule has 0 aliphatic heterocycles. The number of fused-ring (bicyclic) bond motifs is 1. The second-order valence-electron chi connectivity index (χ2n) is 3.49. The number of thiophene rings is 2. The SMILES string of the molecule is NNc1nc(CSc2cccs2)nc2sccc12. The molecule has 0 atom stereocenters. The van der Waals surface area contributed by atoms with Crippen molar-refractivity contribution in [3.8, 4) is 0 Å². The van der Waals surface area contributed by atoms with Gasteiger partial charge < -0.3 is 5.43 Å². The van der Waals surface area contributed by atoms with Crippen molar-refractivity contribution in [2.45, 2.75) is 9.96 Å². The third-order valence-electron chi connectivity index (χ3n) is 2.35. The highest BCUT2D eigenvalue weighted by atomic mass is 32.2. The maximum Gasteiger partial charge on any atom is 0.152 e. The summed E-state index contributed by atoms with van der Waals surface area (Å²) < 4.78 is 1.27. The summed E-state index contributed by atoms with van der Waals surface area (Å²) in [4.78, 5) is 9.95. The lowest BCUT2D eigenvalue weighted by Crippen LogP contribution is -2.10. The number of hydrogen-bond acceptors (Lipinski definition) is 7. The summed E-state index contributed by atoms with van der Waals surface area (Å²) in [6, 6.07) is 6.12. The van der Waals surface area contributed by atoms with Gasteiger partial charge in [0.1, 0.15) is 10.7 Å². The Labute approximate surface area is 116 Å². The van der Waals surface area contributed by atoms with E-state index in [0.29, 0.717) is 5.82 Å². The highest BCUT2D eigenvalue weighted by Crippen LogP contribution is 2.29. The van der Waals surface area contributed by atoms with Crippen LogP contribution in [-0.4, -0.2) is 9.97 Å². The van der Waals surface area contributed by atoms with Crippen LogP contribution in [0.2, 0.25) is 0 Å². The zero-order chi connectivity index (χ0) is 12.4. The van der Waals surface area contributed by atoms with Gasteiger partial charge in [0, 0.05) is 0 Å². The molecule has 4 nitrogen and oxygen atoms in total. The second kappa shape index (κ2) is 5.23. The minimum atomic E-state index is 0.697. The van der Waals surface area contributed by atoms with Gasteiger partial charge in [-0.3, -0.25) is 0 Å². The monoisotopic (exact) mass is 294 g/mol. The van der Waals surface area contributed by atoms with E-state index >= 15 is 0 Å². The second-order valence-corrected chi connectivity index (χ2v) is 6.61. The Balaban J connectivity index is 1.87. The fourth-order valence-corrected chi connectivity index (χ4v) is 3.98. The smallest absolute Gasteiger partial charge is 0.152 e. The number of anilines is 1. The normalized spacial score (nSPS) is 10.9. The molecule has 0 saturated carbocycles. The van der Waals surface area contributed by atoms with Gasteiger partial charge >= 0.3 is 0 Å². The predicted molar refractivity (Wildman–Crippen MR) is 79.1 cm³/mol. The zero-order valence-corrected chi connectivity index (χ0v) is 11.7. The van der Waals surface area contributed by atoms with Crippen molar-refractivity contribution >= 4 is 50.5 Å². The van der Waals surface area contributed by atoms with E-state index in [1.165, 1.54) is 4.21 Å². The van der Waals surface area contributed by atoms with Gasteiger partial charge in [0.2, 0.25) is 0 Å². The molecule has 0 saturated heterocycles. The van der Waals surface area contributed by atoms with E-state index in [9.17, 15) is 0 Å². The van der Waals surface area contributed by atoms with Gasteiger partial charge in [0.05, 0.1) is 15.3 Å². The Morgan fingerprint density at radius 1 is 1.22 bits per heavy atom. The summed E-state index contributed by atoms with van der Waals surface area (Å²) in [5, 5.41) is 5.04. The maximum atomic E-state index is 5.49. The Bertz CT molecular complexity index is 647. The highest BCUT2D eigenvalue weighted by molar-refractivity contribution is 8.00. The maximum absolute atomic E-state index is 5.49. The number of thioether (sulfide) groups is 1. The van der Waals surface area contributed by atoms with Crippen LogP contribution in [0.1, 0.15) is 5.82 Å². The van der Waals surface area contributed by atoms with Crippen LogP contribution in [0.25, 0.3) is 10.2 Å². The quantitative estimate of drug-likeness (QED) is 0.439. The summed E-state index contributed by atoms with van der Waals surface area (Å²) in [6.45, 7) is 0. The van der Waals surface area contributed by atoms with Crippen LogP contribution in [0.3, 0.4) is 0 Å². The number of hydrazine groups is 1. The lowest BCUT2D eigenvalue weighted by Gasteiger charge is -2.04. The van der Waals surface area contributed by atoms with E-state index in [0.717, 1.165) is 21.8 Å². The van der Waals surface area contributed by atoms with Crippen molar-refractivity contribution in [2.24, 2.45) is 5.84 Å². The van der Waals surface area contributed by atoms with E-state index in [-0.39, 0.29) is 0 Å². The van der Waals surface area contributed by atoms with Gasteiger partial charge in [-0.05, 0) is 22.9 Å². The number of nitrogens with two attached hydrogens (primary N) is 1. The number of aromatic nitrogens is 2. The predicted octanol–water partition coefficient (Wildman–Crippen LogP) is 3.33. The molecule has 3 aromatic rings. The molecule has 0 unspecified atom stereocenters. The fourth-order valence-electron chi connectivity index (χ4n) is 1.56. The van der Waals surface area contributed by atoms with E-state index in [1.54, 1.807) is 34.4 Å². The lowest BCUT2D eigenvalue weighted by atomic mass is 10.4. The van der Waals surface area contributed by atoms with Gasteiger partial charge in [0.15, 0.2) is 5.82 Å². The molecule has 18 heavy (non-hydrogen) atoms. The molecule has 3 N–H and O–H groups in total. The van der Waals surface area contributed by atoms with Crippen molar-refractivity contribution < 1.29 is 0 Å². The molecule has 0 fully saturated rings. The van der Waals surface area contributed by atoms with Gasteiger partial charge in [0.25, 0.3) is 0 Å². The van der Waals surface area contributed by atoms with Gasteiger partial charge in [-0.1, -0.05) is 6.07 Å². The molecule has 3 rings (SSSR count). The Kier molecular flexibility index (Phi) is 3.46. The summed E-state index contributed by atoms with van der Waals surface area (Å²) in [7, 11) is 0. The molecule has 3 aromatic heterocycles. The zero-order valence-electron chi connectivity index (χ0n) is 9.29. The minimum Gasteiger partial charge on any atom is -0.308 e. The first-order chi connectivity index (χ1) is 8.86. The van der Waals surface area contributed by atoms with Crippen molar-refractivity contribution in [2.75, 3.05) is 5.43 Å². The van der Waals surface area contributed by atoms with Crippen LogP contribution in [-0.2, 0) is 5.75 Å². The van der Waals surface area contributed by atoms with Crippen LogP contribution >= 0.6 is 34.4 Å². The summed E-state index contributed by atoms with van der Waals surface area (Å²) in [5.74, 6) is 7.75. The average Bonchev–Trinajstić information content (AvgIpc) is 3.06. The molecule has 0 aromatic carbocycles. The number of hydrogen-bond donors (Lipinski definition) is 2. The van der Waals surface area contributed by atoms with E-state index in [2.05, 4.69) is 26.8 Å². The number of rotatable bonds is 4. The van der Waals surface area contributed by atoms with Gasteiger partial charge in [-0.15, -0.1) is 34.4 Å². The summed E-state index contributed by atoms with van der Waals surface area (Å²) >= 11 is 5.07. The molecule has 0 amide bonds. The highest BCUT2D eigenvalue weighted by Gasteiger charge is 2.08. The molecule has 0 aliphatic rings. The molecule has 92 valence electrons. The molecule has 0 bridgehead atoms. The van der Waals surface area contributed by atoms with E-state index in [1.807, 2.05) is 17.5 Å². The molecular weight excluding hydrogens is 284 g/mol. The standard InChI is InChI=1S/C11H10N4S3/c12-15-10-7-3-5-17-11(7)14-8(13-10)6-18-9-2-1-4-16-9/h1-5H,6,12H2,(H,13,14,15). The molecule has 0 aliphatic carbocycles. The number of nitrogens with zero attached hydrogens (tertiary/aromatic N) is 2. The molecular formula is C11H10N4S3. The fraction of sp³-hybridized carbons (Fsp3) is 0.0909. The van der Waals surface area contributed by atoms with Crippen LogP contribution in [0, 0.1) is 0 Å².